The van der Waals surface area contributed by atoms with E-state index < -0.39 is 0 Å². The van der Waals surface area contributed by atoms with E-state index in [4.69, 9.17) is 5.26 Å². The third kappa shape index (κ3) is 3.31. The van der Waals surface area contributed by atoms with Crippen molar-refractivity contribution in [3.63, 3.8) is 0 Å². The van der Waals surface area contributed by atoms with Crippen LogP contribution in [0, 0.1) is 22.7 Å². The second kappa shape index (κ2) is 4.79. The number of nitrogens with zero attached hydrogens (tertiary/aromatic N) is 2. The fourth-order valence-electron chi connectivity index (χ4n) is 2.23. The molecule has 14 heavy (non-hydrogen) atoms. The summed E-state index contributed by atoms with van der Waals surface area (Å²) in [5.41, 5.74) is 0.460. The lowest BCUT2D eigenvalue weighted by Crippen LogP contribution is -2.38. The van der Waals surface area contributed by atoms with Crippen molar-refractivity contribution in [2.75, 3.05) is 19.6 Å². The number of hydrogen-bond acceptors (Lipinski definition) is 2. The smallest absolute Gasteiger partial charge is 0.0635 e. The van der Waals surface area contributed by atoms with Crippen molar-refractivity contribution in [3.05, 3.63) is 0 Å². The molecule has 2 heteroatoms. The molecule has 0 atom stereocenters. The Labute approximate surface area is 87.9 Å². The normalized spacial score (nSPS) is 20.7. The van der Waals surface area contributed by atoms with Gasteiger partial charge in [0.2, 0.25) is 0 Å². The van der Waals surface area contributed by atoms with Crippen LogP contribution in [0.3, 0.4) is 0 Å². The van der Waals surface area contributed by atoms with E-state index in [1.54, 1.807) is 0 Å². The minimum atomic E-state index is 0.460. The minimum Gasteiger partial charge on any atom is -0.302 e. The first-order valence-electron chi connectivity index (χ1n) is 5.63. The second-order valence-electron chi connectivity index (χ2n) is 5.39. The molecule has 0 saturated carbocycles. The number of hydrogen-bond donors (Lipinski definition) is 0. The van der Waals surface area contributed by atoms with Gasteiger partial charge in [-0.15, -0.1) is 0 Å². The van der Waals surface area contributed by atoms with Crippen molar-refractivity contribution >= 4 is 0 Å². The highest BCUT2D eigenvalue weighted by Crippen LogP contribution is 2.34. The third-order valence-corrected chi connectivity index (χ3v) is 3.35. The van der Waals surface area contributed by atoms with Crippen LogP contribution in [0.4, 0.5) is 0 Å². The predicted molar refractivity (Wildman–Crippen MR) is 58.8 cm³/mol. The van der Waals surface area contributed by atoms with Crippen LogP contribution in [-0.2, 0) is 0 Å². The first-order chi connectivity index (χ1) is 6.54. The van der Waals surface area contributed by atoms with E-state index in [0.717, 1.165) is 12.5 Å². The van der Waals surface area contributed by atoms with Crippen LogP contribution < -0.4 is 0 Å². The summed E-state index contributed by atoms with van der Waals surface area (Å²) in [5, 5.41) is 8.50. The van der Waals surface area contributed by atoms with Gasteiger partial charge in [0.1, 0.15) is 0 Å². The van der Waals surface area contributed by atoms with Crippen LogP contribution in [0.1, 0.15) is 40.0 Å². The lowest BCUT2D eigenvalue weighted by molar-refractivity contribution is 0.114. The Kier molecular flexibility index (Phi) is 3.95. The molecular formula is C12H22N2. The summed E-state index contributed by atoms with van der Waals surface area (Å²) < 4.78 is 0. The lowest BCUT2D eigenvalue weighted by atomic mass is 9.75. The Balaban J connectivity index is 2.29. The van der Waals surface area contributed by atoms with Gasteiger partial charge in [-0.1, -0.05) is 20.8 Å². The molecule has 0 aliphatic carbocycles. The summed E-state index contributed by atoms with van der Waals surface area (Å²) in [5.74, 6) is 0.862. The number of rotatable bonds is 2. The molecule has 0 spiro atoms. The maximum atomic E-state index is 8.50. The van der Waals surface area contributed by atoms with Crippen molar-refractivity contribution in [3.8, 4) is 6.07 Å². The van der Waals surface area contributed by atoms with Gasteiger partial charge in [-0.05, 0) is 37.3 Å². The van der Waals surface area contributed by atoms with Crippen LogP contribution >= 0.6 is 0 Å². The highest BCUT2D eigenvalue weighted by atomic mass is 15.1. The van der Waals surface area contributed by atoms with Gasteiger partial charge >= 0.3 is 0 Å². The van der Waals surface area contributed by atoms with Gasteiger partial charge < -0.3 is 4.90 Å². The van der Waals surface area contributed by atoms with E-state index in [1.807, 2.05) is 0 Å². The number of likely N-dealkylation sites (tertiary alicyclic amines) is 1. The van der Waals surface area contributed by atoms with Gasteiger partial charge in [-0.3, -0.25) is 0 Å². The second-order valence-corrected chi connectivity index (χ2v) is 5.39. The van der Waals surface area contributed by atoms with E-state index in [-0.39, 0.29) is 0 Å². The SMILES string of the molecule is CC(C)(C)C1CCN(CCC#N)CC1. The van der Waals surface area contributed by atoms with Crippen molar-refractivity contribution in [1.82, 2.24) is 4.90 Å². The maximum absolute atomic E-state index is 8.50. The maximum Gasteiger partial charge on any atom is 0.0635 e. The zero-order valence-corrected chi connectivity index (χ0v) is 9.71. The summed E-state index contributed by atoms with van der Waals surface area (Å²) in [6.07, 6.45) is 3.28. The molecule has 2 nitrogen and oxygen atoms in total. The zero-order valence-electron chi connectivity index (χ0n) is 9.71. The Hall–Kier alpha value is -0.550. The molecule has 0 aromatic heterocycles. The molecule has 1 heterocycles. The van der Waals surface area contributed by atoms with Crippen molar-refractivity contribution in [2.24, 2.45) is 11.3 Å². The Morgan fingerprint density at radius 3 is 2.29 bits per heavy atom. The molecule has 0 aromatic carbocycles. The predicted octanol–water partition coefficient (Wildman–Crippen LogP) is 2.66. The molecular weight excluding hydrogens is 172 g/mol. The van der Waals surface area contributed by atoms with E-state index in [1.165, 1.54) is 25.9 Å². The van der Waals surface area contributed by atoms with Crippen molar-refractivity contribution in [1.29, 1.82) is 5.26 Å². The molecule has 80 valence electrons. The Morgan fingerprint density at radius 2 is 1.86 bits per heavy atom. The van der Waals surface area contributed by atoms with E-state index in [9.17, 15) is 0 Å². The van der Waals surface area contributed by atoms with Gasteiger partial charge in [0.05, 0.1) is 6.07 Å². The molecule has 1 fully saturated rings. The molecule has 0 aromatic rings. The average Bonchev–Trinajstić information content (AvgIpc) is 2.14. The van der Waals surface area contributed by atoms with E-state index in [2.05, 4.69) is 31.7 Å². The van der Waals surface area contributed by atoms with Gasteiger partial charge in [-0.25, -0.2) is 0 Å². The van der Waals surface area contributed by atoms with Crippen LogP contribution in [0.25, 0.3) is 0 Å². The van der Waals surface area contributed by atoms with Crippen LogP contribution in [0.2, 0.25) is 0 Å². The molecule has 1 aliphatic rings. The molecule has 0 amide bonds. The molecule has 1 aliphatic heterocycles. The molecule has 1 saturated heterocycles. The van der Waals surface area contributed by atoms with E-state index >= 15 is 0 Å². The summed E-state index contributed by atoms with van der Waals surface area (Å²) in [6.45, 7) is 10.3. The van der Waals surface area contributed by atoms with Crippen molar-refractivity contribution < 1.29 is 0 Å². The van der Waals surface area contributed by atoms with Crippen LogP contribution in [0.5, 0.6) is 0 Å². The first-order valence-corrected chi connectivity index (χ1v) is 5.63. The Bertz CT molecular complexity index is 201. The quantitative estimate of drug-likeness (QED) is 0.675. The molecule has 0 radical (unpaired) electrons. The van der Waals surface area contributed by atoms with Crippen LogP contribution in [-0.4, -0.2) is 24.5 Å². The van der Waals surface area contributed by atoms with Gasteiger partial charge in [-0.2, -0.15) is 5.26 Å². The highest BCUT2D eigenvalue weighted by Gasteiger charge is 2.28. The first kappa shape index (κ1) is 11.5. The van der Waals surface area contributed by atoms with Gasteiger partial charge in [0.15, 0.2) is 0 Å². The summed E-state index contributed by atoms with van der Waals surface area (Å²) >= 11 is 0. The minimum absolute atomic E-state index is 0.460. The standard InChI is InChI=1S/C12H22N2/c1-12(2,3)11-5-9-14(10-6-11)8-4-7-13/h11H,4-6,8-10H2,1-3H3. The molecule has 0 bridgehead atoms. The molecule has 0 unspecified atom stereocenters. The fourth-order valence-corrected chi connectivity index (χ4v) is 2.23. The fraction of sp³-hybridized carbons (Fsp3) is 0.917. The highest BCUT2D eigenvalue weighted by molar-refractivity contribution is 4.82. The molecule has 1 rings (SSSR count). The Morgan fingerprint density at radius 1 is 1.29 bits per heavy atom. The molecule has 0 N–H and O–H groups in total. The summed E-state index contributed by atoms with van der Waals surface area (Å²) in [4.78, 5) is 2.42. The van der Waals surface area contributed by atoms with Gasteiger partial charge in [0, 0.05) is 13.0 Å². The lowest BCUT2D eigenvalue weighted by Gasteiger charge is -2.38. The van der Waals surface area contributed by atoms with Gasteiger partial charge in [0.25, 0.3) is 0 Å². The topological polar surface area (TPSA) is 27.0 Å². The van der Waals surface area contributed by atoms with Crippen molar-refractivity contribution in [2.45, 2.75) is 40.0 Å². The zero-order chi connectivity index (χ0) is 10.6. The average molecular weight is 194 g/mol. The monoisotopic (exact) mass is 194 g/mol. The third-order valence-electron chi connectivity index (χ3n) is 3.35. The number of nitriles is 1. The number of piperidine rings is 1. The summed E-state index contributed by atoms with van der Waals surface area (Å²) in [6, 6.07) is 2.21. The van der Waals surface area contributed by atoms with E-state index in [0.29, 0.717) is 11.8 Å². The van der Waals surface area contributed by atoms with Crippen LogP contribution in [0.15, 0.2) is 0 Å². The summed E-state index contributed by atoms with van der Waals surface area (Å²) in [7, 11) is 0. The largest absolute Gasteiger partial charge is 0.302 e.